The Balaban J connectivity index is 0.0000000979. The van der Waals surface area contributed by atoms with E-state index in [0.717, 1.165) is 172 Å². The standard InChI is InChI=1S/2C20H27FN2.C18H23FN2.C18H24N2/c21-18-1-3-19(4-2-18)22-5-7-23(8-6-22)20-16-10-14-9-15(12-16)13-17(20)11-14;21-18-3-1-2-4-19(18)22-5-7-23(8-6-22)20-16-10-14-9-15(12-16)13-17(20)11-14;19-17-3-1-2-4-18(17)21-9-7-20(8-10-21)13-16-12-14-5-6-15(16)11-14;1-2-4-18(5-3-1)20-10-8-19(9-11-20)14-17-13-15-6-7-16(17)12-15/h2*1-4,14-17,20H,5-13H2;1-6,14-16H,7-13H2;1-7,15-17H,8-14H2. The van der Waals surface area contributed by atoms with Crippen molar-refractivity contribution in [2.75, 3.05) is 137 Å². The molecule has 6 unspecified atom stereocenters. The second-order valence-corrected chi connectivity index (χ2v) is 30.3. The van der Waals surface area contributed by atoms with E-state index in [0.29, 0.717) is 0 Å². The van der Waals surface area contributed by atoms with Crippen LogP contribution < -0.4 is 19.6 Å². The minimum atomic E-state index is -0.138. The molecular formula is C76H101F3N8. The van der Waals surface area contributed by atoms with E-state index in [2.05, 4.69) is 93.8 Å². The summed E-state index contributed by atoms with van der Waals surface area (Å²) in [6, 6.07) is 33.9. The number of nitrogens with zero attached hydrogens (tertiary/aromatic N) is 8. The smallest absolute Gasteiger partial charge is 0.146 e. The van der Waals surface area contributed by atoms with Crippen LogP contribution in [0.25, 0.3) is 0 Å². The maximum atomic E-state index is 14.0. The van der Waals surface area contributed by atoms with Crippen molar-refractivity contribution in [3.63, 3.8) is 0 Å². The van der Waals surface area contributed by atoms with Crippen molar-refractivity contribution < 1.29 is 13.2 Å². The maximum absolute atomic E-state index is 14.0. The van der Waals surface area contributed by atoms with Crippen LogP contribution in [0, 0.1) is 100 Å². The zero-order valence-corrected chi connectivity index (χ0v) is 52.2. The molecule has 0 aromatic heterocycles. The van der Waals surface area contributed by atoms with E-state index in [1.165, 1.54) is 154 Å². The first-order valence-electron chi connectivity index (χ1n) is 35.3. The van der Waals surface area contributed by atoms with Gasteiger partial charge in [-0.15, -0.1) is 0 Å². The Bertz CT molecular complexity index is 2880. The van der Waals surface area contributed by atoms with Crippen LogP contribution in [-0.2, 0) is 0 Å². The van der Waals surface area contributed by atoms with Gasteiger partial charge in [0, 0.05) is 141 Å². The quantitative estimate of drug-likeness (QED) is 0.145. The second kappa shape index (κ2) is 26.2. The maximum Gasteiger partial charge on any atom is 0.146 e. The molecule has 4 aromatic rings. The summed E-state index contributed by atoms with van der Waals surface area (Å²) < 4.78 is 40.9. The van der Waals surface area contributed by atoms with Gasteiger partial charge in [0.15, 0.2) is 0 Å². The van der Waals surface area contributed by atoms with Gasteiger partial charge >= 0.3 is 0 Å². The predicted octanol–water partition coefficient (Wildman–Crippen LogP) is 13.7. The Morgan fingerprint density at radius 3 is 1.05 bits per heavy atom. The van der Waals surface area contributed by atoms with E-state index < -0.39 is 0 Å². The fraction of sp³-hybridized carbons (Fsp3) is 0.632. The fourth-order valence-corrected chi connectivity index (χ4v) is 21.5. The van der Waals surface area contributed by atoms with Gasteiger partial charge in [0.2, 0.25) is 0 Å². The molecule has 14 fully saturated rings. The van der Waals surface area contributed by atoms with Crippen LogP contribution in [0.1, 0.15) is 89.9 Å². The van der Waals surface area contributed by atoms with E-state index in [-0.39, 0.29) is 17.5 Å². The lowest BCUT2D eigenvalue weighted by atomic mass is 9.54. The molecule has 10 saturated carbocycles. The summed E-state index contributed by atoms with van der Waals surface area (Å²) in [6.45, 7) is 20.1. The van der Waals surface area contributed by atoms with Crippen molar-refractivity contribution >= 4 is 22.7 Å². The third-order valence-electron chi connectivity index (χ3n) is 25.1. The molecule has 4 heterocycles. The zero-order chi connectivity index (χ0) is 58.4. The SMILES string of the molecule is C1=CC2CC1CC2CN1CCN(c2ccccc2)CC1.Fc1ccc(N2CCN(C3C4CC5CC(C4)CC3C5)CC2)cc1.Fc1ccccc1N1CCN(C2C3CC4CC(C3)CC2C4)CC1.Fc1ccccc1N1CCN(CC2CC3C=CC2C3)CC1. The van der Waals surface area contributed by atoms with Crippen LogP contribution in [0.4, 0.5) is 35.9 Å². The van der Waals surface area contributed by atoms with Gasteiger partial charge in [-0.2, -0.15) is 0 Å². The number of hydrogen-bond acceptors (Lipinski definition) is 8. The Kier molecular flexibility index (Phi) is 17.6. The van der Waals surface area contributed by atoms with Gasteiger partial charge < -0.3 is 19.6 Å². The molecule has 87 heavy (non-hydrogen) atoms. The van der Waals surface area contributed by atoms with Gasteiger partial charge in [-0.3, -0.25) is 19.6 Å². The Hall–Kier alpha value is -4.81. The average molecular weight is 1180 g/mol. The molecule has 12 bridgehead atoms. The summed E-state index contributed by atoms with van der Waals surface area (Å²) in [6.07, 6.45) is 30.5. The molecule has 0 N–H and O–H groups in total. The summed E-state index contributed by atoms with van der Waals surface area (Å²) in [7, 11) is 0. The molecule has 0 radical (unpaired) electrons. The van der Waals surface area contributed by atoms with Crippen LogP contribution >= 0.6 is 0 Å². The van der Waals surface area contributed by atoms with Crippen molar-refractivity contribution in [1.82, 2.24) is 19.6 Å². The number of rotatable bonds is 10. The molecular weight excluding hydrogens is 1080 g/mol. The molecule has 4 saturated heterocycles. The molecule has 4 aromatic carbocycles. The fourth-order valence-electron chi connectivity index (χ4n) is 21.5. The highest BCUT2D eigenvalue weighted by molar-refractivity contribution is 5.50. The van der Waals surface area contributed by atoms with Gasteiger partial charge in [0.1, 0.15) is 17.5 Å². The van der Waals surface area contributed by atoms with Crippen LogP contribution in [0.15, 0.2) is 127 Å². The third kappa shape index (κ3) is 13.1. The number of hydrogen-bond donors (Lipinski definition) is 0. The van der Waals surface area contributed by atoms with Crippen molar-refractivity contribution in [3.05, 3.63) is 145 Å². The zero-order valence-electron chi connectivity index (χ0n) is 52.2. The number of piperazine rings is 4. The monoisotopic (exact) mass is 1180 g/mol. The van der Waals surface area contributed by atoms with Gasteiger partial charge in [0.05, 0.1) is 11.4 Å². The Morgan fingerprint density at radius 1 is 0.310 bits per heavy atom. The number of halogens is 3. The van der Waals surface area contributed by atoms with Crippen LogP contribution in [0.2, 0.25) is 0 Å². The summed E-state index contributed by atoms with van der Waals surface area (Å²) in [4.78, 5) is 20.2. The molecule has 0 spiro atoms. The topological polar surface area (TPSA) is 25.9 Å². The van der Waals surface area contributed by atoms with Gasteiger partial charge in [0.25, 0.3) is 0 Å². The van der Waals surface area contributed by atoms with Crippen molar-refractivity contribution in [2.24, 2.45) is 82.9 Å². The van der Waals surface area contributed by atoms with Gasteiger partial charge in [-0.1, -0.05) is 66.8 Å². The molecule has 8 nitrogen and oxygen atoms in total. The first kappa shape index (κ1) is 58.6. The van der Waals surface area contributed by atoms with Crippen molar-refractivity contribution in [1.29, 1.82) is 0 Å². The highest BCUT2D eigenvalue weighted by atomic mass is 19.1. The molecule has 0 amide bonds. The molecule has 16 aliphatic rings. The van der Waals surface area contributed by atoms with E-state index >= 15 is 0 Å². The third-order valence-corrected chi connectivity index (χ3v) is 25.1. The Morgan fingerprint density at radius 2 is 0.667 bits per heavy atom. The number of benzene rings is 4. The minimum absolute atomic E-state index is 0.0735. The summed E-state index contributed by atoms with van der Waals surface area (Å²) in [5, 5.41) is 0. The molecule has 20 rings (SSSR count). The first-order valence-corrected chi connectivity index (χ1v) is 35.3. The lowest BCUT2D eigenvalue weighted by molar-refractivity contribution is -0.0665. The first-order chi connectivity index (χ1) is 42.7. The van der Waals surface area contributed by atoms with Crippen molar-refractivity contribution in [2.45, 2.75) is 102 Å². The Labute approximate surface area is 520 Å². The highest BCUT2D eigenvalue weighted by Crippen LogP contribution is 2.57. The van der Waals surface area contributed by atoms with Crippen LogP contribution in [0.5, 0.6) is 0 Å². The predicted molar refractivity (Wildman–Crippen MR) is 350 cm³/mol. The number of allylic oxidation sites excluding steroid dienone is 4. The summed E-state index contributed by atoms with van der Waals surface area (Å²) in [5.74, 6) is 13.1. The van der Waals surface area contributed by atoms with E-state index in [9.17, 15) is 13.2 Å². The minimum Gasteiger partial charge on any atom is -0.369 e. The van der Waals surface area contributed by atoms with Crippen LogP contribution in [-0.4, -0.2) is 149 Å². The lowest BCUT2D eigenvalue weighted by Gasteiger charge is -2.58. The molecule has 11 heteroatoms. The van der Waals surface area contributed by atoms with Crippen molar-refractivity contribution in [3.8, 4) is 0 Å². The van der Waals surface area contributed by atoms with Gasteiger partial charge in [-0.05, 0) is 233 Å². The molecule has 6 atom stereocenters. The largest absolute Gasteiger partial charge is 0.369 e. The normalized spacial score (nSPS) is 36.4. The highest BCUT2D eigenvalue weighted by Gasteiger charge is 2.52. The lowest BCUT2D eigenvalue weighted by Crippen LogP contribution is -2.60. The number of fused-ring (bicyclic) bond motifs is 4. The molecule has 466 valence electrons. The van der Waals surface area contributed by atoms with E-state index in [1.807, 2.05) is 36.4 Å². The number of anilines is 4. The van der Waals surface area contributed by atoms with Crippen LogP contribution in [0.3, 0.4) is 0 Å². The van der Waals surface area contributed by atoms with Gasteiger partial charge in [-0.25, -0.2) is 13.2 Å². The summed E-state index contributed by atoms with van der Waals surface area (Å²) in [5.41, 5.74) is 4.11. The average Bonchev–Trinajstić information content (AvgIpc) is 4.54. The molecule has 12 aliphatic carbocycles. The number of para-hydroxylation sites is 3. The van der Waals surface area contributed by atoms with E-state index in [4.69, 9.17) is 0 Å². The molecule has 4 aliphatic heterocycles. The summed E-state index contributed by atoms with van der Waals surface area (Å²) >= 11 is 0. The second-order valence-electron chi connectivity index (χ2n) is 30.3. The van der Waals surface area contributed by atoms with E-state index in [1.54, 1.807) is 36.4 Å².